The van der Waals surface area contributed by atoms with Crippen molar-refractivity contribution >= 4 is 17.7 Å². The van der Waals surface area contributed by atoms with Crippen molar-refractivity contribution < 1.29 is 14.4 Å². The lowest BCUT2D eigenvalue weighted by atomic mass is 10.1. The van der Waals surface area contributed by atoms with Crippen molar-refractivity contribution in [2.24, 2.45) is 0 Å². The number of likely N-dealkylation sites (tertiary alicyclic amines) is 1. The number of nitrogens with zero attached hydrogens (tertiary/aromatic N) is 1. The topological polar surface area (TPSA) is 78.5 Å². The van der Waals surface area contributed by atoms with Crippen LogP contribution in [-0.2, 0) is 14.4 Å². The van der Waals surface area contributed by atoms with Crippen LogP contribution >= 0.6 is 0 Å². The van der Waals surface area contributed by atoms with Crippen LogP contribution in [0.5, 0.6) is 0 Å². The molecule has 0 unspecified atom stereocenters. The number of rotatable bonds is 4. The summed E-state index contributed by atoms with van der Waals surface area (Å²) in [5.74, 6) is -0.315. The molecule has 118 valence electrons. The Morgan fingerprint density at radius 1 is 1.19 bits per heavy atom. The van der Waals surface area contributed by atoms with E-state index in [2.05, 4.69) is 10.6 Å². The van der Waals surface area contributed by atoms with Gasteiger partial charge < -0.3 is 15.5 Å². The highest BCUT2D eigenvalue weighted by Crippen LogP contribution is 2.25. The van der Waals surface area contributed by atoms with E-state index >= 15 is 0 Å². The second kappa shape index (κ2) is 7.43. The zero-order valence-electron chi connectivity index (χ0n) is 12.7. The molecule has 1 atom stereocenters. The Kier molecular flexibility index (Phi) is 5.59. The Labute approximate surface area is 125 Å². The third-order valence-electron chi connectivity index (χ3n) is 4.29. The van der Waals surface area contributed by atoms with Crippen molar-refractivity contribution in [2.75, 3.05) is 13.1 Å². The van der Waals surface area contributed by atoms with Crippen LogP contribution in [0.15, 0.2) is 0 Å². The molecule has 21 heavy (non-hydrogen) atoms. The summed E-state index contributed by atoms with van der Waals surface area (Å²) in [4.78, 5) is 36.6. The first kappa shape index (κ1) is 15.8. The number of carbonyl (C=O) groups excluding carboxylic acids is 3. The molecule has 2 N–H and O–H groups in total. The minimum Gasteiger partial charge on any atom is -0.350 e. The summed E-state index contributed by atoms with van der Waals surface area (Å²) in [6, 6.07) is 0.222. The molecule has 0 bridgehead atoms. The molecule has 1 aliphatic heterocycles. The smallest absolute Gasteiger partial charge is 0.239 e. The van der Waals surface area contributed by atoms with Gasteiger partial charge in [-0.1, -0.05) is 25.7 Å². The van der Waals surface area contributed by atoms with Gasteiger partial charge in [0.05, 0.1) is 12.6 Å². The maximum atomic E-state index is 12.1. The van der Waals surface area contributed by atoms with Gasteiger partial charge in [-0.25, -0.2) is 0 Å². The predicted octanol–water partition coefficient (Wildman–Crippen LogP) is 0.562. The fourth-order valence-electron chi connectivity index (χ4n) is 3.23. The first-order valence-electron chi connectivity index (χ1n) is 7.89. The third kappa shape index (κ3) is 4.72. The van der Waals surface area contributed by atoms with Gasteiger partial charge in [-0.3, -0.25) is 14.4 Å². The van der Waals surface area contributed by atoms with Gasteiger partial charge in [-0.2, -0.15) is 0 Å². The van der Waals surface area contributed by atoms with Crippen molar-refractivity contribution in [3.63, 3.8) is 0 Å². The fourth-order valence-corrected chi connectivity index (χ4v) is 3.23. The highest BCUT2D eigenvalue weighted by atomic mass is 16.2. The minimum atomic E-state index is -0.231. The first-order chi connectivity index (χ1) is 10.1. The van der Waals surface area contributed by atoms with Crippen LogP contribution in [0, 0.1) is 0 Å². The Morgan fingerprint density at radius 2 is 1.86 bits per heavy atom. The maximum absolute atomic E-state index is 12.1. The van der Waals surface area contributed by atoms with Crippen LogP contribution in [0.1, 0.15) is 51.9 Å². The molecule has 2 rings (SSSR count). The van der Waals surface area contributed by atoms with Gasteiger partial charge in [-0.05, 0) is 12.8 Å². The van der Waals surface area contributed by atoms with E-state index in [0.717, 1.165) is 12.8 Å². The number of amides is 3. The summed E-state index contributed by atoms with van der Waals surface area (Å²) in [6.45, 7) is 1.96. The van der Waals surface area contributed by atoms with E-state index in [9.17, 15) is 14.4 Å². The summed E-state index contributed by atoms with van der Waals surface area (Å²) in [6.07, 6.45) is 7.44. The monoisotopic (exact) mass is 295 g/mol. The molecule has 1 aliphatic carbocycles. The van der Waals surface area contributed by atoms with E-state index in [0.29, 0.717) is 19.0 Å². The largest absolute Gasteiger partial charge is 0.350 e. The van der Waals surface area contributed by atoms with Gasteiger partial charge in [0.1, 0.15) is 0 Å². The van der Waals surface area contributed by atoms with Gasteiger partial charge in [-0.15, -0.1) is 0 Å². The molecule has 2 fully saturated rings. The third-order valence-corrected chi connectivity index (χ3v) is 4.29. The first-order valence-corrected chi connectivity index (χ1v) is 7.89. The average Bonchev–Trinajstić information content (AvgIpc) is 2.66. The predicted molar refractivity (Wildman–Crippen MR) is 78.4 cm³/mol. The molecule has 0 radical (unpaired) electrons. The molecule has 1 heterocycles. The molecule has 0 aromatic carbocycles. The van der Waals surface area contributed by atoms with Crippen LogP contribution in [0.4, 0.5) is 0 Å². The van der Waals surface area contributed by atoms with Crippen molar-refractivity contribution in [2.45, 2.75) is 64.0 Å². The van der Waals surface area contributed by atoms with Gasteiger partial charge in [0.25, 0.3) is 0 Å². The highest BCUT2D eigenvalue weighted by molar-refractivity contribution is 5.85. The van der Waals surface area contributed by atoms with Crippen LogP contribution < -0.4 is 10.6 Å². The lowest BCUT2D eigenvalue weighted by molar-refractivity contribution is -0.129. The van der Waals surface area contributed by atoms with Crippen LogP contribution in [0.25, 0.3) is 0 Å². The zero-order chi connectivity index (χ0) is 15.2. The van der Waals surface area contributed by atoms with Crippen LogP contribution in [0.3, 0.4) is 0 Å². The molecular weight excluding hydrogens is 270 g/mol. The van der Waals surface area contributed by atoms with E-state index in [4.69, 9.17) is 0 Å². The van der Waals surface area contributed by atoms with Gasteiger partial charge in [0.2, 0.25) is 17.7 Å². The van der Waals surface area contributed by atoms with E-state index in [1.165, 1.54) is 32.6 Å². The fraction of sp³-hybridized carbons (Fsp3) is 0.800. The SMILES string of the molecule is CC(=O)NCC(=O)N[C@@H]1CC(=O)N(C2CCCCCC2)C1. The number of carbonyl (C=O) groups is 3. The van der Waals surface area contributed by atoms with Crippen molar-refractivity contribution in [3.8, 4) is 0 Å². The standard InChI is InChI=1S/C15H25N3O3/c1-11(19)16-9-14(20)17-12-8-15(21)18(10-12)13-6-4-2-3-5-7-13/h12-13H,2-10H2,1H3,(H,16,19)(H,17,20)/t12-/m1/s1. The molecule has 0 aromatic heterocycles. The number of hydrogen-bond donors (Lipinski definition) is 2. The van der Waals surface area contributed by atoms with E-state index in [1.807, 2.05) is 4.90 Å². The molecule has 1 saturated heterocycles. The summed E-state index contributed by atoms with van der Waals surface area (Å²) in [7, 11) is 0. The molecule has 0 aromatic rings. The van der Waals surface area contributed by atoms with E-state index < -0.39 is 0 Å². The Balaban J connectivity index is 1.81. The molecule has 6 heteroatoms. The van der Waals surface area contributed by atoms with Crippen molar-refractivity contribution in [3.05, 3.63) is 0 Å². The lowest BCUT2D eigenvalue weighted by Gasteiger charge is -2.27. The number of hydrogen-bond acceptors (Lipinski definition) is 3. The Morgan fingerprint density at radius 3 is 2.48 bits per heavy atom. The van der Waals surface area contributed by atoms with E-state index in [1.54, 1.807) is 0 Å². The summed E-state index contributed by atoms with van der Waals surface area (Å²) >= 11 is 0. The van der Waals surface area contributed by atoms with Crippen molar-refractivity contribution in [1.82, 2.24) is 15.5 Å². The zero-order valence-corrected chi connectivity index (χ0v) is 12.7. The molecule has 2 aliphatic rings. The average molecular weight is 295 g/mol. The highest BCUT2D eigenvalue weighted by Gasteiger charge is 2.34. The Hall–Kier alpha value is -1.59. The minimum absolute atomic E-state index is 0.0244. The van der Waals surface area contributed by atoms with Gasteiger partial charge >= 0.3 is 0 Å². The van der Waals surface area contributed by atoms with Crippen LogP contribution in [-0.4, -0.2) is 47.8 Å². The normalized spacial score (nSPS) is 23.8. The van der Waals surface area contributed by atoms with Crippen molar-refractivity contribution in [1.29, 1.82) is 0 Å². The molecule has 1 saturated carbocycles. The van der Waals surface area contributed by atoms with E-state index in [-0.39, 0.29) is 30.3 Å². The van der Waals surface area contributed by atoms with Gasteiger partial charge in [0.15, 0.2) is 0 Å². The molecule has 3 amide bonds. The maximum Gasteiger partial charge on any atom is 0.239 e. The van der Waals surface area contributed by atoms with Gasteiger partial charge in [0, 0.05) is 25.9 Å². The molecule has 0 spiro atoms. The summed E-state index contributed by atoms with van der Waals surface area (Å²) in [5.41, 5.74) is 0. The number of nitrogens with one attached hydrogen (secondary N) is 2. The molecule has 6 nitrogen and oxygen atoms in total. The van der Waals surface area contributed by atoms with Crippen LogP contribution in [0.2, 0.25) is 0 Å². The molecular formula is C15H25N3O3. The Bertz CT molecular complexity index is 403. The quantitative estimate of drug-likeness (QED) is 0.744. The second-order valence-corrected chi connectivity index (χ2v) is 6.07. The lowest BCUT2D eigenvalue weighted by Crippen LogP contribution is -2.43. The summed E-state index contributed by atoms with van der Waals surface area (Å²) < 4.78 is 0. The second-order valence-electron chi connectivity index (χ2n) is 6.07. The summed E-state index contributed by atoms with van der Waals surface area (Å²) in [5, 5.41) is 5.30.